The average Bonchev–Trinajstić information content (AvgIpc) is 2.62. The van der Waals surface area contributed by atoms with Crippen molar-refractivity contribution in [3.05, 3.63) is 34.0 Å². The first-order valence-corrected chi connectivity index (χ1v) is 7.49. The zero-order valence-corrected chi connectivity index (χ0v) is 10.9. The molecule has 0 fully saturated rings. The normalized spacial score (nSPS) is 10.6. The smallest absolute Gasteiger partial charge is 0.113 e. The third kappa shape index (κ3) is 2.30. The molecule has 0 aliphatic carbocycles. The Morgan fingerprint density at radius 2 is 1.38 bits per heavy atom. The van der Waals surface area contributed by atoms with Gasteiger partial charge in [-0.3, -0.25) is 0 Å². The van der Waals surface area contributed by atoms with E-state index in [9.17, 15) is 0 Å². The molecule has 2 rings (SSSR count). The molecule has 68 valence electrons. The lowest BCUT2D eigenvalue weighted by Gasteiger charge is -1.89. The van der Waals surface area contributed by atoms with Gasteiger partial charge in [-0.25, -0.2) is 0 Å². The summed E-state index contributed by atoms with van der Waals surface area (Å²) in [6.45, 7) is 4.35. The van der Waals surface area contributed by atoms with E-state index in [4.69, 9.17) is 0 Å². The minimum absolute atomic E-state index is 0.155. The Hall–Kier alpha value is -0.383. The van der Waals surface area contributed by atoms with Gasteiger partial charge in [0.1, 0.15) is 9.52 Å². The second-order valence-electron chi connectivity index (χ2n) is 3.36. The first-order chi connectivity index (χ1) is 6.24. The third-order valence-electron chi connectivity index (χ3n) is 1.92. The van der Waals surface area contributed by atoms with Gasteiger partial charge in [-0.1, -0.05) is 0 Å². The molecule has 0 radical (unpaired) electrons. The van der Waals surface area contributed by atoms with E-state index >= 15 is 0 Å². The minimum atomic E-state index is -0.155. The van der Waals surface area contributed by atoms with Crippen molar-refractivity contribution in [3.8, 4) is 0 Å². The fraction of sp³-hybridized carbons (Fsp3) is 0.200. The van der Waals surface area contributed by atoms with Gasteiger partial charge in [0.15, 0.2) is 0 Å². The molecule has 0 spiro atoms. The summed E-state index contributed by atoms with van der Waals surface area (Å²) in [5.41, 5.74) is 2.83. The Balaban J connectivity index is 2.14. The molecule has 0 aromatic carbocycles. The van der Waals surface area contributed by atoms with E-state index in [0.29, 0.717) is 0 Å². The van der Waals surface area contributed by atoms with Gasteiger partial charge in [0.05, 0.1) is 0 Å². The van der Waals surface area contributed by atoms with Crippen LogP contribution in [0.3, 0.4) is 0 Å². The molecule has 0 saturated carbocycles. The summed E-state index contributed by atoms with van der Waals surface area (Å²) in [5.74, 6) is 0. The zero-order chi connectivity index (χ0) is 9.26. The monoisotopic (exact) mass is 224 g/mol. The predicted molar refractivity (Wildman–Crippen MR) is 65.9 cm³/mol. The molecule has 2 aromatic heterocycles. The molecular weight excluding hydrogens is 212 g/mol. The SMILES string of the molecule is Cc1csc([SiH2]c2cc(C)cs2)c1. The van der Waals surface area contributed by atoms with Crippen molar-refractivity contribution in [2.45, 2.75) is 13.8 Å². The van der Waals surface area contributed by atoms with Crippen molar-refractivity contribution in [1.82, 2.24) is 0 Å². The van der Waals surface area contributed by atoms with Crippen LogP contribution in [0.4, 0.5) is 0 Å². The van der Waals surface area contributed by atoms with Crippen molar-refractivity contribution in [3.63, 3.8) is 0 Å². The largest absolute Gasteiger partial charge is 0.154 e. The number of hydrogen-bond acceptors (Lipinski definition) is 2. The summed E-state index contributed by atoms with van der Waals surface area (Å²) in [4.78, 5) is 0. The Morgan fingerprint density at radius 3 is 1.69 bits per heavy atom. The molecular formula is C10H12S2Si. The quantitative estimate of drug-likeness (QED) is 0.679. The van der Waals surface area contributed by atoms with Crippen LogP contribution in [0.1, 0.15) is 11.1 Å². The highest BCUT2D eigenvalue weighted by molar-refractivity contribution is 7.27. The molecule has 0 amide bonds. The van der Waals surface area contributed by atoms with Crippen LogP contribution in [0, 0.1) is 13.8 Å². The maximum Gasteiger partial charge on any atom is 0.113 e. The van der Waals surface area contributed by atoms with E-state index < -0.39 is 0 Å². The highest BCUT2D eigenvalue weighted by Crippen LogP contribution is 2.04. The molecule has 0 aliphatic rings. The molecule has 0 aliphatic heterocycles. The standard InChI is InChI=1S/C10H12S2Si/c1-7-3-9(11-5-7)13-10-4-8(2)6-12-10/h3-6H,13H2,1-2H3. The van der Waals surface area contributed by atoms with Gasteiger partial charge < -0.3 is 0 Å². The molecule has 13 heavy (non-hydrogen) atoms. The summed E-state index contributed by atoms with van der Waals surface area (Å²) in [5, 5.41) is 4.51. The Kier molecular flexibility index (Phi) is 2.67. The average molecular weight is 224 g/mol. The van der Waals surface area contributed by atoms with E-state index in [0.717, 1.165) is 0 Å². The molecule has 0 saturated heterocycles. The van der Waals surface area contributed by atoms with Crippen molar-refractivity contribution in [2.75, 3.05) is 0 Å². The highest BCUT2D eigenvalue weighted by atomic mass is 32.1. The van der Waals surface area contributed by atoms with Crippen molar-refractivity contribution in [1.29, 1.82) is 0 Å². The van der Waals surface area contributed by atoms with Gasteiger partial charge in [-0.15, -0.1) is 0 Å². The lowest BCUT2D eigenvalue weighted by molar-refractivity contribution is 1.56. The van der Waals surface area contributed by atoms with Crippen LogP contribution < -0.4 is 9.00 Å². The minimum Gasteiger partial charge on any atom is -0.154 e. The molecule has 0 N–H and O–H groups in total. The van der Waals surface area contributed by atoms with E-state index in [-0.39, 0.29) is 9.52 Å². The lowest BCUT2D eigenvalue weighted by Crippen LogP contribution is -2.21. The van der Waals surface area contributed by atoms with Crippen LogP contribution in [-0.4, -0.2) is 9.52 Å². The van der Waals surface area contributed by atoms with Gasteiger partial charge >= 0.3 is 0 Å². The lowest BCUT2D eigenvalue weighted by atomic mass is 10.4. The van der Waals surface area contributed by atoms with Crippen LogP contribution in [0.15, 0.2) is 22.9 Å². The Labute approximate surface area is 89.1 Å². The van der Waals surface area contributed by atoms with Gasteiger partial charge in [-0.05, 0) is 56.9 Å². The number of thiophene rings is 2. The molecule has 0 bridgehead atoms. The van der Waals surface area contributed by atoms with E-state index in [1.807, 2.05) is 22.7 Å². The topological polar surface area (TPSA) is 0 Å². The molecule has 3 heteroatoms. The fourth-order valence-electron chi connectivity index (χ4n) is 1.34. The second kappa shape index (κ2) is 3.78. The van der Waals surface area contributed by atoms with Crippen LogP contribution in [0.5, 0.6) is 0 Å². The number of rotatable bonds is 2. The van der Waals surface area contributed by atoms with E-state index in [1.165, 1.54) is 11.1 Å². The van der Waals surface area contributed by atoms with E-state index in [1.54, 1.807) is 9.00 Å². The van der Waals surface area contributed by atoms with Gasteiger partial charge in [0.25, 0.3) is 0 Å². The van der Waals surface area contributed by atoms with Crippen molar-refractivity contribution < 1.29 is 0 Å². The maximum absolute atomic E-state index is 2.34. The summed E-state index contributed by atoms with van der Waals surface area (Å²) < 4.78 is 3.22. The maximum atomic E-state index is 2.34. The van der Waals surface area contributed by atoms with Crippen molar-refractivity contribution >= 4 is 41.2 Å². The van der Waals surface area contributed by atoms with Crippen molar-refractivity contribution in [2.24, 2.45) is 0 Å². The second-order valence-corrected chi connectivity index (χ2v) is 8.25. The molecule has 0 unspecified atom stereocenters. The fourth-order valence-corrected chi connectivity index (χ4v) is 6.22. The summed E-state index contributed by atoms with van der Waals surface area (Å²) >= 11 is 3.84. The third-order valence-corrected chi connectivity index (χ3v) is 6.71. The first-order valence-electron chi connectivity index (χ1n) is 4.32. The Morgan fingerprint density at radius 1 is 0.923 bits per heavy atom. The highest BCUT2D eigenvalue weighted by Gasteiger charge is 2.01. The van der Waals surface area contributed by atoms with Gasteiger partial charge in [0, 0.05) is 0 Å². The first kappa shape index (κ1) is 9.18. The molecule has 0 nitrogen and oxygen atoms in total. The van der Waals surface area contributed by atoms with Gasteiger partial charge in [0.2, 0.25) is 0 Å². The summed E-state index contributed by atoms with van der Waals surface area (Å²) in [7, 11) is -0.155. The zero-order valence-electron chi connectivity index (χ0n) is 7.83. The number of hydrogen-bond donors (Lipinski definition) is 0. The Bertz CT molecular complexity index is 362. The van der Waals surface area contributed by atoms with Crippen LogP contribution >= 0.6 is 22.7 Å². The van der Waals surface area contributed by atoms with Crippen LogP contribution in [0.25, 0.3) is 0 Å². The number of aryl methyl sites for hydroxylation is 2. The van der Waals surface area contributed by atoms with Gasteiger partial charge in [-0.2, -0.15) is 22.7 Å². The summed E-state index contributed by atoms with van der Waals surface area (Å²) in [6.07, 6.45) is 0. The summed E-state index contributed by atoms with van der Waals surface area (Å²) in [6, 6.07) is 4.68. The van der Waals surface area contributed by atoms with E-state index in [2.05, 4.69) is 36.7 Å². The molecule has 0 atom stereocenters. The van der Waals surface area contributed by atoms with Crippen LogP contribution in [0.2, 0.25) is 0 Å². The molecule has 2 heterocycles. The molecule has 2 aromatic rings. The predicted octanol–water partition coefficient (Wildman–Crippen LogP) is 1.55. The van der Waals surface area contributed by atoms with Crippen LogP contribution in [-0.2, 0) is 0 Å².